The standard InChI is InChI=1S/C22H31N3O4S/c1-15(2)25-30(27,28)21-11-9-19(10-12-21)24-22(26)17(5)23-20-8-6-7-18(13-20)14-29-16(3)4/h6-13,15-17,23,25H,14H2,1-5H3,(H,24,26). The van der Waals surface area contributed by atoms with Crippen LogP contribution in [-0.2, 0) is 26.2 Å². The van der Waals surface area contributed by atoms with Crippen LogP contribution in [0.25, 0.3) is 0 Å². The van der Waals surface area contributed by atoms with Gasteiger partial charge in [0.05, 0.1) is 17.6 Å². The van der Waals surface area contributed by atoms with Gasteiger partial charge in [0, 0.05) is 17.4 Å². The van der Waals surface area contributed by atoms with Crippen LogP contribution in [0.1, 0.15) is 40.2 Å². The zero-order valence-corrected chi connectivity index (χ0v) is 18.9. The number of ether oxygens (including phenoxy) is 1. The summed E-state index contributed by atoms with van der Waals surface area (Å²) in [7, 11) is -3.56. The van der Waals surface area contributed by atoms with Crippen LogP contribution in [0.15, 0.2) is 53.4 Å². The molecule has 0 fully saturated rings. The number of benzene rings is 2. The van der Waals surface area contributed by atoms with E-state index in [0.717, 1.165) is 11.3 Å². The minimum absolute atomic E-state index is 0.147. The molecule has 0 radical (unpaired) electrons. The Hall–Kier alpha value is -2.42. The maximum Gasteiger partial charge on any atom is 0.246 e. The lowest BCUT2D eigenvalue weighted by Gasteiger charge is -2.16. The maximum absolute atomic E-state index is 12.5. The Labute approximate surface area is 179 Å². The largest absolute Gasteiger partial charge is 0.374 e. The molecule has 0 heterocycles. The van der Waals surface area contributed by atoms with E-state index in [0.29, 0.717) is 12.3 Å². The third kappa shape index (κ3) is 7.44. The average molecular weight is 434 g/mol. The highest BCUT2D eigenvalue weighted by Gasteiger charge is 2.16. The van der Waals surface area contributed by atoms with Crippen LogP contribution < -0.4 is 15.4 Å². The molecule has 8 heteroatoms. The second-order valence-corrected chi connectivity index (χ2v) is 9.43. The normalized spacial score (nSPS) is 12.8. The lowest BCUT2D eigenvalue weighted by atomic mass is 10.2. The molecule has 0 aliphatic heterocycles. The van der Waals surface area contributed by atoms with Crippen LogP contribution in [-0.4, -0.2) is 32.5 Å². The second kappa shape index (κ2) is 10.6. The number of nitrogens with one attached hydrogen (secondary N) is 3. The fraction of sp³-hybridized carbons (Fsp3) is 0.409. The number of rotatable bonds is 10. The third-order valence-electron chi connectivity index (χ3n) is 4.11. The molecule has 0 saturated carbocycles. The molecule has 164 valence electrons. The summed E-state index contributed by atoms with van der Waals surface area (Å²) in [6.07, 6.45) is 0.147. The number of amides is 1. The van der Waals surface area contributed by atoms with Gasteiger partial charge in [-0.3, -0.25) is 4.79 Å². The van der Waals surface area contributed by atoms with Gasteiger partial charge in [-0.15, -0.1) is 0 Å². The molecule has 0 spiro atoms. The van der Waals surface area contributed by atoms with Gasteiger partial charge in [-0.1, -0.05) is 12.1 Å². The predicted molar refractivity (Wildman–Crippen MR) is 120 cm³/mol. The van der Waals surface area contributed by atoms with Crippen LogP contribution in [0.5, 0.6) is 0 Å². The number of anilines is 2. The third-order valence-corrected chi connectivity index (χ3v) is 5.78. The first-order valence-corrected chi connectivity index (χ1v) is 11.5. The van der Waals surface area contributed by atoms with Gasteiger partial charge in [0.15, 0.2) is 0 Å². The van der Waals surface area contributed by atoms with E-state index in [2.05, 4.69) is 15.4 Å². The summed E-state index contributed by atoms with van der Waals surface area (Å²) in [6, 6.07) is 13.1. The second-order valence-electron chi connectivity index (χ2n) is 7.72. The van der Waals surface area contributed by atoms with Crippen LogP contribution in [0.3, 0.4) is 0 Å². The molecule has 0 aliphatic carbocycles. The first-order valence-electron chi connectivity index (χ1n) is 9.97. The van der Waals surface area contributed by atoms with Crippen molar-refractivity contribution in [2.45, 2.75) is 64.3 Å². The van der Waals surface area contributed by atoms with Gasteiger partial charge in [-0.25, -0.2) is 13.1 Å². The molecule has 0 aliphatic rings. The molecule has 1 unspecified atom stereocenters. The molecule has 0 bridgehead atoms. The van der Waals surface area contributed by atoms with Crippen LogP contribution in [0.4, 0.5) is 11.4 Å². The van der Waals surface area contributed by atoms with E-state index in [4.69, 9.17) is 4.74 Å². The highest BCUT2D eigenvalue weighted by atomic mass is 32.2. The number of sulfonamides is 1. The summed E-state index contributed by atoms with van der Waals surface area (Å²) >= 11 is 0. The lowest BCUT2D eigenvalue weighted by Crippen LogP contribution is -2.32. The highest BCUT2D eigenvalue weighted by molar-refractivity contribution is 7.89. The molecule has 30 heavy (non-hydrogen) atoms. The molecule has 2 aromatic rings. The van der Waals surface area contributed by atoms with E-state index in [-0.39, 0.29) is 22.9 Å². The molecule has 2 rings (SSSR count). The van der Waals surface area contributed by atoms with E-state index in [1.54, 1.807) is 32.9 Å². The van der Waals surface area contributed by atoms with E-state index in [1.165, 1.54) is 12.1 Å². The molecule has 0 saturated heterocycles. The minimum atomic E-state index is -3.56. The molecular weight excluding hydrogens is 402 g/mol. The lowest BCUT2D eigenvalue weighted by molar-refractivity contribution is -0.116. The van der Waals surface area contributed by atoms with Gasteiger partial charge in [-0.2, -0.15) is 0 Å². The fourth-order valence-electron chi connectivity index (χ4n) is 2.68. The van der Waals surface area contributed by atoms with Gasteiger partial charge >= 0.3 is 0 Å². The first kappa shape index (κ1) is 23.9. The molecule has 2 aromatic carbocycles. The Kier molecular flexibility index (Phi) is 8.40. The zero-order chi connectivity index (χ0) is 22.3. The summed E-state index contributed by atoms with van der Waals surface area (Å²) in [4.78, 5) is 12.7. The molecule has 1 atom stereocenters. The zero-order valence-electron chi connectivity index (χ0n) is 18.1. The van der Waals surface area contributed by atoms with E-state index < -0.39 is 16.1 Å². The Morgan fingerprint density at radius 1 is 0.967 bits per heavy atom. The highest BCUT2D eigenvalue weighted by Crippen LogP contribution is 2.16. The van der Waals surface area contributed by atoms with Gasteiger partial charge in [0.1, 0.15) is 6.04 Å². The van der Waals surface area contributed by atoms with Crippen LogP contribution in [0, 0.1) is 0 Å². The topological polar surface area (TPSA) is 96.5 Å². The van der Waals surface area contributed by atoms with Crippen LogP contribution in [0.2, 0.25) is 0 Å². The van der Waals surface area contributed by atoms with Crippen molar-refractivity contribution in [1.82, 2.24) is 4.72 Å². The summed E-state index contributed by atoms with van der Waals surface area (Å²) in [5.74, 6) is -0.227. The minimum Gasteiger partial charge on any atom is -0.374 e. The Morgan fingerprint density at radius 2 is 1.63 bits per heavy atom. The summed E-state index contributed by atoms with van der Waals surface area (Å²) in [5, 5.41) is 5.97. The number of hydrogen-bond donors (Lipinski definition) is 3. The summed E-state index contributed by atoms with van der Waals surface area (Å²) in [6.45, 7) is 9.75. The van der Waals surface area contributed by atoms with Crippen molar-refractivity contribution in [3.05, 3.63) is 54.1 Å². The van der Waals surface area contributed by atoms with Crippen molar-refractivity contribution in [3.8, 4) is 0 Å². The number of carbonyl (C=O) groups excluding carboxylic acids is 1. The molecule has 3 N–H and O–H groups in total. The SMILES string of the molecule is CC(C)NS(=O)(=O)c1ccc(NC(=O)C(C)Nc2cccc(COC(C)C)c2)cc1. The number of carbonyl (C=O) groups is 1. The summed E-state index contributed by atoms with van der Waals surface area (Å²) < 4.78 is 32.5. The van der Waals surface area contributed by atoms with Gasteiger partial charge in [0.2, 0.25) is 15.9 Å². The Bertz CT molecular complexity index is 941. The van der Waals surface area contributed by atoms with Crippen molar-refractivity contribution in [2.75, 3.05) is 10.6 Å². The van der Waals surface area contributed by atoms with Crippen molar-refractivity contribution in [3.63, 3.8) is 0 Å². The van der Waals surface area contributed by atoms with Crippen molar-refractivity contribution in [2.24, 2.45) is 0 Å². The predicted octanol–water partition coefficient (Wildman–Crippen LogP) is 3.74. The summed E-state index contributed by atoms with van der Waals surface area (Å²) in [5.41, 5.74) is 2.37. The van der Waals surface area contributed by atoms with E-state index in [1.807, 2.05) is 38.1 Å². The maximum atomic E-state index is 12.5. The van der Waals surface area contributed by atoms with Gasteiger partial charge in [0.25, 0.3) is 0 Å². The molecule has 7 nitrogen and oxygen atoms in total. The van der Waals surface area contributed by atoms with Gasteiger partial charge in [-0.05, 0) is 76.6 Å². The Balaban J connectivity index is 1.97. The van der Waals surface area contributed by atoms with Gasteiger partial charge < -0.3 is 15.4 Å². The van der Waals surface area contributed by atoms with Crippen molar-refractivity contribution < 1.29 is 17.9 Å². The van der Waals surface area contributed by atoms with E-state index >= 15 is 0 Å². The quantitative estimate of drug-likeness (QED) is 0.530. The van der Waals surface area contributed by atoms with E-state index in [9.17, 15) is 13.2 Å². The molecule has 1 amide bonds. The first-order chi connectivity index (χ1) is 14.1. The smallest absolute Gasteiger partial charge is 0.246 e. The fourth-order valence-corrected chi connectivity index (χ4v) is 3.93. The monoisotopic (exact) mass is 433 g/mol. The Morgan fingerprint density at radius 3 is 2.23 bits per heavy atom. The van der Waals surface area contributed by atoms with Crippen LogP contribution >= 0.6 is 0 Å². The number of hydrogen-bond acceptors (Lipinski definition) is 5. The molecule has 0 aromatic heterocycles. The van der Waals surface area contributed by atoms with Crippen molar-refractivity contribution >= 4 is 27.3 Å². The van der Waals surface area contributed by atoms with Crippen molar-refractivity contribution in [1.29, 1.82) is 0 Å². The molecular formula is C22H31N3O4S. The average Bonchev–Trinajstić information content (AvgIpc) is 2.66.